The van der Waals surface area contributed by atoms with Gasteiger partial charge in [-0.15, -0.1) is 16.9 Å². The summed E-state index contributed by atoms with van der Waals surface area (Å²) in [6.07, 6.45) is 0. The standard InChI is InChI=1S/C16H16OS2Si/c1-17-16-10-9-14(19-16)7-5-13-6-8-15(18-13)11-12-20(2,3)4/h6,8-10H,1-4H3. The molecule has 4 heteroatoms. The number of hydrogen-bond acceptors (Lipinski definition) is 3. The fourth-order valence-corrected chi connectivity index (χ4v) is 3.33. The third kappa shape index (κ3) is 4.58. The predicted octanol–water partition coefficient (Wildman–Crippen LogP) is 4.45. The van der Waals surface area contributed by atoms with Crippen LogP contribution in [-0.2, 0) is 0 Å². The maximum absolute atomic E-state index is 5.15. The lowest BCUT2D eigenvalue weighted by atomic mass is 10.4. The Labute approximate surface area is 129 Å². The lowest BCUT2D eigenvalue weighted by Gasteiger charge is -2.02. The summed E-state index contributed by atoms with van der Waals surface area (Å²) in [6, 6.07) is 8.01. The average Bonchev–Trinajstić information content (AvgIpc) is 3.02. The monoisotopic (exact) mass is 316 g/mol. The quantitative estimate of drug-likeness (QED) is 0.558. The van der Waals surface area contributed by atoms with Crippen LogP contribution < -0.4 is 4.74 Å². The van der Waals surface area contributed by atoms with Crippen molar-refractivity contribution >= 4 is 30.7 Å². The molecule has 0 aliphatic carbocycles. The number of hydrogen-bond donors (Lipinski definition) is 0. The molecule has 20 heavy (non-hydrogen) atoms. The highest BCUT2D eigenvalue weighted by atomic mass is 32.1. The van der Waals surface area contributed by atoms with Crippen LogP contribution in [0.4, 0.5) is 0 Å². The van der Waals surface area contributed by atoms with Gasteiger partial charge in [0.2, 0.25) is 0 Å². The molecule has 0 bridgehead atoms. The zero-order valence-corrected chi connectivity index (χ0v) is 14.7. The molecule has 0 N–H and O–H groups in total. The highest BCUT2D eigenvalue weighted by Gasteiger charge is 2.07. The second kappa shape index (κ2) is 6.32. The fraction of sp³-hybridized carbons (Fsp3) is 0.250. The molecule has 0 aliphatic heterocycles. The first-order valence-corrected chi connectivity index (χ1v) is 11.4. The number of methoxy groups -OCH3 is 1. The molecule has 0 unspecified atom stereocenters. The molecule has 0 radical (unpaired) electrons. The summed E-state index contributed by atoms with van der Waals surface area (Å²) in [7, 11) is 0.366. The smallest absolute Gasteiger partial charge is 0.174 e. The van der Waals surface area contributed by atoms with E-state index in [-0.39, 0.29) is 0 Å². The van der Waals surface area contributed by atoms with Gasteiger partial charge in [-0.3, -0.25) is 0 Å². The van der Waals surface area contributed by atoms with E-state index in [1.165, 1.54) is 0 Å². The highest BCUT2D eigenvalue weighted by molar-refractivity contribution is 7.14. The van der Waals surface area contributed by atoms with E-state index < -0.39 is 8.07 Å². The Bertz CT molecular complexity index is 711. The Kier molecular flexibility index (Phi) is 4.72. The molecule has 0 saturated carbocycles. The molecule has 0 aromatic carbocycles. The first-order valence-electron chi connectivity index (χ1n) is 6.25. The van der Waals surface area contributed by atoms with Crippen molar-refractivity contribution in [2.45, 2.75) is 19.6 Å². The molecule has 0 spiro atoms. The molecule has 2 heterocycles. The van der Waals surface area contributed by atoms with E-state index in [1.807, 2.05) is 18.2 Å². The van der Waals surface area contributed by atoms with Crippen molar-refractivity contribution in [1.29, 1.82) is 0 Å². The largest absolute Gasteiger partial charge is 0.487 e. The molecule has 0 fully saturated rings. The van der Waals surface area contributed by atoms with Crippen LogP contribution in [0, 0.1) is 23.3 Å². The SMILES string of the molecule is COc1ccc(C#Cc2ccc(C#C[Si](C)(C)C)s2)s1. The van der Waals surface area contributed by atoms with E-state index in [1.54, 1.807) is 29.8 Å². The van der Waals surface area contributed by atoms with Crippen molar-refractivity contribution in [2.24, 2.45) is 0 Å². The minimum Gasteiger partial charge on any atom is -0.487 e. The predicted molar refractivity (Wildman–Crippen MR) is 91.4 cm³/mol. The third-order valence-corrected chi connectivity index (χ3v) is 5.01. The highest BCUT2D eigenvalue weighted by Crippen LogP contribution is 2.23. The average molecular weight is 317 g/mol. The summed E-state index contributed by atoms with van der Waals surface area (Å²) in [5, 5.41) is 0.891. The summed E-state index contributed by atoms with van der Waals surface area (Å²) in [5.74, 6) is 9.61. The minimum absolute atomic E-state index is 0.891. The molecular weight excluding hydrogens is 300 g/mol. The van der Waals surface area contributed by atoms with Gasteiger partial charge in [-0.05, 0) is 36.1 Å². The van der Waals surface area contributed by atoms with Gasteiger partial charge in [0.05, 0.1) is 21.7 Å². The molecule has 102 valence electrons. The van der Waals surface area contributed by atoms with E-state index >= 15 is 0 Å². The molecule has 2 aromatic heterocycles. The summed E-state index contributed by atoms with van der Waals surface area (Å²) < 4.78 is 5.15. The van der Waals surface area contributed by atoms with Gasteiger partial charge in [-0.25, -0.2) is 0 Å². The van der Waals surface area contributed by atoms with Crippen molar-refractivity contribution in [2.75, 3.05) is 7.11 Å². The van der Waals surface area contributed by atoms with E-state index in [4.69, 9.17) is 4.74 Å². The molecule has 0 aliphatic rings. The summed E-state index contributed by atoms with van der Waals surface area (Å²) in [6.45, 7) is 6.75. The molecule has 0 saturated heterocycles. The van der Waals surface area contributed by atoms with Gasteiger partial charge in [0.1, 0.15) is 8.07 Å². The Morgan fingerprint density at radius 3 is 1.95 bits per heavy atom. The van der Waals surface area contributed by atoms with E-state index in [0.717, 1.165) is 19.7 Å². The van der Waals surface area contributed by atoms with Gasteiger partial charge >= 0.3 is 0 Å². The van der Waals surface area contributed by atoms with Gasteiger partial charge in [0, 0.05) is 0 Å². The van der Waals surface area contributed by atoms with Crippen LogP contribution in [0.3, 0.4) is 0 Å². The van der Waals surface area contributed by atoms with Crippen LogP contribution in [0.2, 0.25) is 19.6 Å². The van der Waals surface area contributed by atoms with Gasteiger partial charge in [0.15, 0.2) is 5.06 Å². The summed E-state index contributed by atoms with van der Waals surface area (Å²) >= 11 is 3.21. The van der Waals surface area contributed by atoms with Gasteiger partial charge in [0.25, 0.3) is 0 Å². The second-order valence-corrected chi connectivity index (χ2v) is 12.1. The van der Waals surface area contributed by atoms with E-state index in [2.05, 4.69) is 49.0 Å². The molecular formula is C16H16OS2Si. The maximum Gasteiger partial charge on any atom is 0.174 e. The first-order chi connectivity index (χ1) is 9.46. The van der Waals surface area contributed by atoms with E-state index in [9.17, 15) is 0 Å². The third-order valence-electron chi connectivity index (χ3n) is 2.26. The van der Waals surface area contributed by atoms with Crippen molar-refractivity contribution < 1.29 is 4.74 Å². The lowest BCUT2D eigenvalue weighted by molar-refractivity contribution is 0.427. The normalized spacial score (nSPS) is 10.2. The zero-order valence-electron chi connectivity index (χ0n) is 12.0. The second-order valence-electron chi connectivity index (χ2n) is 5.24. The Balaban J connectivity index is 2.12. The minimum atomic E-state index is -1.31. The summed E-state index contributed by atoms with van der Waals surface area (Å²) in [4.78, 5) is 3.17. The van der Waals surface area contributed by atoms with Gasteiger partial charge < -0.3 is 4.74 Å². The maximum atomic E-state index is 5.15. The van der Waals surface area contributed by atoms with Crippen LogP contribution in [0.15, 0.2) is 24.3 Å². The first kappa shape index (κ1) is 14.9. The van der Waals surface area contributed by atoms with E-state index in [0.29, 0.717) is 0 Å². The van der Waals surface area contributed by atoms with Crippen LogP contribution >= 0.6 is 22.7 Å². The molecule has 2 aromatic rings. The number of ether oxygens (including phenoxy) is 1. The van der Waals surface area contributed by atoms with Crippen LogP contribution in [-0.4, -0.2) is 15.2 Å². The number of thiophene rings is 2. The molecule has 2 rings (SSSR count). The topological polar surface area (TPSA) is 9.23 Å². The number of rotatable bonds is 1. The summed E-state index contributed by atoms with van der Waals surface area (Å²) in [5.41, 5.74) is 3.37. The van der Waals surface area contributed by atoms with Gasteiger partial charge in [-0.2, -0.15) is 0 Å². The molecule has 1 nitrogen and oxygen atoms in total. The van der Waals surface area contributed by atoms with Crippen LogP contribution in [0.5, 0.6) is 5.06 Å². The Morgan fingerprint density at radius 2 is 1.40 bits per heavy atom. The Hall–Kier alpha value is -1.46. The van der Waals surface area contributed by atoms with Crippen molar-refractivity contribution in [1.82, 2.24) is 0 Å². The lowest BCUT2D eigenvalue weighted by Crippen LogP contribution is -2.16. The van der Waals surface area contributed by atoms with Crippen LogP contribution in [0.1, 0.15) is 14.6 Å². The zero-order chi connectivity index (χ0) is 14.6. The van der Waals surface area contributed by atoms with Crippen LogP contribution in [0.25, 0.3) is 0 Å². The fourth-order valence-electron chi connectivity index (χ4n) is 1.34. The van der Waals surface area contributed by atoms with Crippen molar-refractivity contribution in [3.05, 3.63) is 38.9 Å². The molecule has 0 amide bonds. The van der Waals surface area contributed by atoms with Crippen molar-refractivity contribution in [3.63, 3.8) is 0 Å². The van der Waals surface area contributed by atoms with Crippen molar-refractivity contribution in [3.8, 4) is 28.4 Å². The van der Waals surface area contributed by atoms with Gasteiger partial charge in [-0.1, -0.05) is 36.9 Å². The molecule has 0 atom stereocenters. The Morgan fingerprint density at radius 1 is 0.850 bits per heavy atom.